The first-order valence-electron chi connectivity index (χ1n) is 8.72. The van der Waals surface area contributed by atoms with E-state index < -0.39 is 6.36 Å². The number of hydrogen-bond acceptors (Lipinski definition) is 4. The van der Waals surface area contributed by atoms with Crippen LogP contribution in [0.25, 0.3) is 10.9 Å². The molecule has 0 aliphatic heterocycles. The Balaban J connectivity index is 1.76. The van der Waals surface area contributed by atoms with Crippen LogP contribution in [0.2, 0.25) is 0 Å². The van der Waals surface area contributed by atoms with Crippen molar-refractivity contribution in [3.05, 3.63) is 65.4 Å². The lowest BCUT2D eigenvalue weighted by molar-refractivity contribution is -0.274. The number of hydrogen-bond donors (Lipinski definition) is 0. The number of amides is 1. The molecule has 1 heterocycles. The molecule has 3 rings (SSSR count). The quantitative estimate of drug-likeness (QED) is 0.617. The zero-order valence-corrected chi connectivity index (χ0v) is 16.1. The van der Waals surface area contributed by atoms with E-state index in [2.05, 4.69) is 9.72 Å². The molecule has 5 nitrogen and oxygen atoms in total. The minimum Gasteiger partial charge on any atom is -0.497 e. The summed E-state index contributed by atoms with van der Waals surface area (Å²) in [6.07, 6.45) is -4.74. The van der Waals surface area contributed by atoms with Gasteiger partial charge in [-0.25, -0.2) is 0 Å². The van der Waals surface area contributed by atoms with Gasteiger partial charge >= 0.3 is 6.36 Å². The molecule has 1 aromatic heterocycles. The number of methoxy groups -OCH3 is 1. The van der Waals surface area contributed by atoms with Crippen LogP contribution in [0.4, 0.5) is 13.2 Å². The Bertz CT molecular complexity index is 1030. The lowest BCUT2D eigenvalue weighted by Gasteiger charge is -2.19. The van der Waals surface area contributed by atoms with Gasteiger partial charge < -0.3 is 14.4 Å². The van der Waals surface area contributed by atoms with Gasteiger partial charge in [0.25, 0.3) is 5.91 Å². The van der Waals surface area contributed by atoms with Crippen molar-refractivity contribution in [1.82, 2.24) is 9.88 Å². The number of carbonyl (C=O) groups excluding carboxylic acids is 1. The molecule has 0 radical (unpaired) electrons. The fraction of sp³-hybridized carbons (Fsp3) is 0.238. The second kappa shape index (κ2) is 7.98. The van der Waals surface area contributed by atoms with E-state index in [4.69, 9.17) is 4.74 Å². The molecule has 29 heavy (non-hydrogen) atoms. The molecule has 0 aliphatic rings. The maximum absolute atomic E-state index is 12.9. The first-order chi connectivity index (χ1) is 13.7. The number of ether oxygens (including phenoxy) is 2. The predicted molar refractivity (Wildman–Crippen MR) is 102 cm³/mol. The van der Waals surface area contributed by atoms with Gasteiger partial charge in [0, 0.05) is 25.0 Å². The molecule has 8 heteroatoms. The van der Waals surface area contributed by atoms with Crippen LogP contribution in [0.5, 0.6) is 11.5 Å². The highest BCUT2D eigenvalue weighted by atomic mass is 19.4. The van der Waals surface area contributed by atoms with E-state index in [1.807, 2.05) is 6.07 Å². The zero-order chi connectivity index (χ0) is 21.2. The highest BCUT2D eigenvalue weighted by molar-refractivity contribution is 5.98. The average Bonchev–Trinajstić information content (AvgIpc) is 2.66. The maximum atomic E-state index is 12.9. The van der Waals surface area contributed by atoms with Crippen molar-refractivity contribution in [2.24, 2.45) is 0 Å². The first kappa shape index (κ1) is 20.4. The summed E-state index contributed by atoms with van der Waals surface area (Å²) in [6.45, 7) is 1.98. The summed E-state index contributed by atoms with van der Waals surface area (Å²) >= 11 is 0. The summed E-state index contributed by atoms with van der Waals surface area (Å²) in [4.78, 5) is 18.9. The van der Waals surface area contributed by atoms with Gasteiger partial charge in [-0.3, -0.25) is 9.78 Å². The van der Waals surface area contributed by atoms with E-state index in [-0.39, 0.29) is 18.2 Å². The van der Waals surface area contributed by atoms with Crippen LogP contribution in [0.3, 0.4) is 0 Å². The topological polar surface area (TPSA) is 51.7 Å². The van der Waals surface area contributed by atoms with Crippen molar-refractivity contribution in [1.29, 1.82) is 0 Å². The van der Waals surface area contributed by atoms with Crippen LogP contribution in [0, 0.1) is 6.92 Å². The van der Waals surface area contributed by atoms with Crippen LogP contribution in [-0.4, -0.2) is 36.3 Å². The van der Waals surface area contributed by atoms with Crippen molar-refractivity contribution in [3.63, 3.8) is 0 Å². The number of fused-ring (bicyclic) bond motifs is 1. The lowest BCUT2D eigenvalue weighted by atomic mass is 10.1. The Morgan fingerprint density at radius 2 is 1.72 bits per heavy atom. The van der Waals surface area contributed by atoms with Gasteiger partial charge in [-0.15, -0.1) is 13.2 Å². The summed E-state index contributed by atoms with van der Waals surface area (Å²) in [7, 11) is 3.20. The van der Waals surface area contributed by atoms with Gasteiger partial charge in [0.1, 0.15) is 11.5 Å². The Labute approximate surface area is 165 Å². The number of aryl methyl sites for hydroxylation is 1. The van der Waals surface area contributed by atoms with E-state index >= 15 is 0 Å². The second-order valence-electron chi connectivity index (χ2n) is 6.53. The van der Waals surface area contributed by atoms with Crippen LogP contribution >= 0.6 is 0 Å². The van der Waals surface area contributed by atoms with Gasteiger partial charge in [-0.2, -0.15) is 0 Å². The minimum absolute atomic E-state index is 0.227. The highest BCUT2D eigenvalue weighted by Crippen LogP contribution is 2.24. The lowest BCUT2D eigenvalue weighted by Crippen LogP contribution is -2.27. The fourth-order valence-electron chi connectivity index (χ4n) is 2.93. The smallest absolute Gasteiger partial charge is 0.497 e. The third-order valence-corrected chi connectivity index (χ3v) is 4.37. The molecule has 0 atom stereocenters. The molecular formula is C21H19F3N2O3. The molecular weight excluding hydrogens is 385 g/mol. The van der Waals surface area contributed by atoms with E-state index in [1.165, 1.54) is 29.2 Å². The van der Waals surface area contributed by atoms with Crippen molar-refractivity contribution < 1.29 is 27.4 Å². The summed E-state index contributed by atoms with van der Waals surface area (Å²) in [5, 5.41) is 0.807. The van der Waals surface area contributed by atoms with Crippen LogP contribution in [-0.2, 0) is 6.54 Å². The number of pyridine rings is 1. The molecule has 0 N–H and O–H groups in total. The van der Waals surface area contributed by atoms with E-state index in [9.17, 15) is 18.0 Å². The molecule has 3 aromatic rings. The first-order valence-corrected chi connectivity index (χ1v) is 8.72. The molecule has 2 aromatic carbocycles. The molecule has 0 spiro atoms. The molecule has 0 saturated heterocycles. The molecule has 0 unspecified atom stereocenters. The number of halogens is 3. The molecule has 0 saturated carbocycles. The van der Waals surface area contributed by atoms with Crippen LogP contribution in [0.15, 0.2) is 48.5 Å². The van der Waals surface area contributed by atoms with Gasteiger partial charge in [0.05, 0.1) is 23.9 Å². The molecule has 0 aliphatic carbocycles. The molecule has 152 valence electrons. The summed E-state index contributed by atoms with van der Waals surface area (Å²) in [5.74, 6) is 0.141. The third-order valence-electron chi connectivity index (χ3n) is 4.37. The molecule has 0 fully saturated rings. The van der Waals surface area contributed by atoms with Crippen LogP contribution in [0.1, 0.15) is 21.6 Å². The Morgan fingerprint density at radius 3 is 2.34 bits per heavy atom. The van der Waals surface area contributed by atoms with Gasteiger partial charge in [0.2, 0.25) is 0 Å². The number of nitrogens with zero attached hydrogens (tertiary/aromatic N) is 2. The van der Waals surface area contributed by atoms with E-state index in [0.29, 0.717) is 22.6 Å². The van der Waals surface area contributed by atoms with Crippen LogP contribution < -0.4 is 9.47 Å². The number of benzene rings is 2. The Hall–Kier alpha value is -3.29. The molecule has 0 bridgehead atoms. The fourth-order valence-corrected chi connectivity index (χ4v) is 2.93. The van der Waals surface area contributed by atoms with E-state index in [0.717, 1.165) is 10.9 Å². The predicted octanol–water partition coefficient (Wildman–Crippen LogP) is 4.72. The van der Waals surface area contributed by atoms with E-state index in [1.54, 1.807) is 39.3 Å². The monoisotopic (exact) mass is 404 g/mol. The summed E-state index contributed by atoms with van der Waals surface area (Å²) < 4.78 is 45.8. The van der Waals surface area contributed by atoms with Crippen molar-refractivity contribution in [3.8, 4) is 11.5 Å². The Morgan fingerprint density at radius 1 is 1.07 bits per heavy atom. The maximum Gasteiger partial charge on any atom is 0.573 e. The third kappa shape index (κ3) is 4.96. The number of alkyl halides is 3. The zero-order valence-electron chi connectivity index (χ0n) is 16.1. The SMILES string of the molecule is COc1ccc2cc(C(=O)N(C)Cc3ccc(OC(F)(F)F)cc3)c(C)nc2c1. The second-order valence-corrected chi connectivity index (χ2v) is 6.53. The minimum atomic E-state index is -4.74. The average molecular weight is 404 g/mol. The van der Waals surface area contributed by atoms with Crippen molar-refractivity contribution in [2.75, 3.05) is 14.2 Å². The highest BCUT2D eigenvalue weighted by Gasteiger charge is 2.31. The number of aromatic nitrogens is 1. The summed E-state index contributed by atoms with van der Waals surface area (Å²) in [5.41, 5.74) is 2.44. The number of rotatable bonds is 5. The molecule has 1 amide bonds. The van der Waals surface area contributed by atoms with Crippen molar-refractivity contribution in [2.45, 2.75) is 19.8 Å². The van der Waals surface area contributed by atoms with Gasteiger partial charge in [-0.1, -0.05) is 12.1 Å². The normalized spacial score (nSPS) is 11.4. The summed E-state index contributed by atoms with van der Waals surface area (Å²) in [6, 6.07) is 12.6. The van der Waals surface area contributed by atoms with Gasteiger partial charge in [-0.05, 0) is 42.8 Å². The Kier molecular flexibility index (Phi) is 5.63. The number of carbonyl (C=O) groups is 1. The largest absolute Gasteiger partial charge is 0.573 e. The van der Waals surface area contributed by atoms with Gasteiger partial charge in [0.15, 0.2) is 0 Å². The van der Waals surface area contributed by atoms with Crippen molar-refractivity contribution >= 4 is 16.8 Å². The standard InChI is InChI=1S/C21H19F3N2O3/c1-13-18(10-15-6-9-17(28-3)11-19(15)25-13)20(27)26(2)12-14-4-7-16(8-5-14)29-21(22,23)24/h4-11H,12H2,1-3H3.